The summed E-state index contributed by atoms with van der Waals surface area (Å²) in [6, 6.07) is 0. The Bertz CT molecular complexity index is 493. The number of rotatable bonds is 6. The molecule has 0 aromatic carbocycles. The van der Waals surface area contributed by atoms with Crippen LogP contribution in [0.5, 0.6) is 0 Å². The van der Waals surface area contributed by atoms with Crippen molar-refractivity contribution < 1.29 is 0 Å². The zero-order valence-electron chi connectivity index (χ0n) is 14.8. The highest BCUT2D eigenvalue weighted by Gasteiger charge is 2.34. The first kappa shape index (κ1) is 20.7. The maximum Gasteiger partial charge on any atom is 0.191 e. The Morgan fingerprint density at radius 1 is 1.35 bits per heavy atom. The van der Waals surface area contributed by atoms with Gasteiger partial charge in [-0.15, -0.1) is 35.3 Å². The molecule has 0 atom stereocenters. The number of nitrogens with zero attached hydrogens (tertiary/aromatic N) is 2. The lowest BCUT2D eigenvalue weighted by molar-refractivity contribution is 0.235. The van der Waals surface area contributed by atoms with Crippen molar-refractivity contribution in [3.63, 3.8) is 0 Å². The Hall–Kier alpha value is -0.370. The maximum atomic E-state index is 4.37. The highest BCUT2D eigenvalue weighted by molar-refractivity contribution is 14.0. The van der Waals surface area contributed by atoms with Crippen molar-refractivity contribution in [3.05, 3.63) is 16.1 Å². The summed E-state index contributed by atoms with van der Waals surface area (Å²) in [7, 11) is 1.85. The van der Waals surface area contributed by atoms with Gasteiger partial charge in [0.25, 0.3) is 0 Å². The second-order valence-corrected chi connectivity index (χ2v) is 7.88. The van der Waals surface area contributed by atoms with Crippen LogP contribution in [0.1, 0.15) is 56.5 Å². The second kappa shape index (κ2) is 9.81. The summed E-state index contributed by atoms with van der Waals surface area (Å²) >= 11 is 1.70. The molecule has 0 aliphatic heterocycles. The fourth-order valence-corrected chi connectivity index (χ4v) is 4.31. The number of aryl methyl sites for hydroxylation is 1. The van der Waals surface area contributed by atoms with Gasteiger partial charge in [-0.2, -0.15) is 0 Å². The summed E-state index contributed by atoms with van der Waals surface area (Å²) in [5.41, 5.74) is 3.48. The number of nitrogens with one attached hydrogen (secondary N) is 2. The van der Waals surface area contributed by atoms with Crippen LogP contribution in [0.3, 0.4) is 0 Å². The first-order chi connectivity index (χ1) is 10.5. The quantitative estimate of drug-likeness (QED) is 0.385. The van der Waals surface area contributed by atoms with E-state index in [0.29, 0.717) is 5.41 Å². The van der Waals surface area contributed by atoms with Crippen molar-refractivity contribution in [2.24, 2.45) is 16.3 Å². The molecule has 4 nitrogen and oxygen atoms in total. The maximum absolute atomic E-state index is 4.37. The van der Waals surface area contributed by atoms with Crippen molar-refractivity contribution >= 4 is 41.3 Å². The van der Waals surface area contributed by atoms with Gasteiger partial charge in [0.15, 0.2) is 5.96 Å². The Balaban J connectivity index is 0.00000264. The summed E-state index contributed by atoms with van der Waals surface area (Å²) < 4.78 is 0. The first-order valence-electron chi connectivity index (χ1n) is 8.38. The molecule has 2 rings (SSSR count). The predicted molar refractivity (Wildman–Crippen MR) is 111 cm³/mol. The van der Waals surface area contributed by atoms with E-state index in [-0.39, 0.29) is 24.0 Å². The van der Waals surface area contributed by atoms with Gasteiger partial charge >= 0.3 is 0 Å². The number of aromatic nitrogens is 1. The number of guanidine groups is 1. The lowest BCUT2D eigenvalue weighted by Crippen LogP contribution is -2.43. The van der Waals surface area contributed by atoms with Gasteiger partial charge in [-0.3, -0.25) is 4.99 Å². The van der Waals surface area contributed by atoms with Crippen LogP contribution in [0.15, 0.2) is 10.5 Å². The minimum absolute atomic E-state index is 0. The Labute approximate surface area is 162 Å². The smallest absolute Gasteiger partial charge is 0.191 e. The van der Waals surface area contributed by atoms with E-state index in [1.54, 1.807) is 11.3 Å². The summed E-state index contributed by atoms with van der Waals surface area (Å²) in [4.78, 5) is 9.94. The number of halogens is 1. The first-order valence-corrected chi connectivity index (χ1v) is 9.26. The molecule has 23 heavy (non-hydrogen) atoms. The van der Waals surface area contributed by atoms with E-state index in [4.69, 9.17) is 0 Å². The van der Waals surface area contributed by atoms with Gasteiger partial charge in [0.1, 0.15) is 0 Å². The topological polar surface area (TPSA) is 49.3 Å². The van der Waals surface area contributed by atoms with Crippen molar-refractivity contribution in [3.8, 4) is 0 Å². The standard InChI is InChI=1S/C17H30N4S.HI/c1-13(2)9-17(7-5-6-8-17)11-20-16(18-4)19-10-15-14(3)21-12-22-15;/h12-13H,5-11H2,1-4H3,(H2,18,19,20);1H. The normalized spacial score (nSPS) is 17.2. The van der Waals surface area contributed by atoms with Crippen LogP contribution in [0.4, 0.5) is 0 Å². The van der Waals surface area contributed by atoms with Crippen molar-refractivity contribution in [1.82, 2.24) is 15.6 Å². The molecule has 0 amide bonds. The molecule has 0 spiro atoms. The SMILES string of the molecule is CN=C(NCc1scnc1C)NCC1(CC(C)C)CCCC1.I. The van der Waals surface area contributed by atoms with Crippen LogP contribution in [-0.4, -0.2) is 24.5 Å². The Morgan fingerprint density at radius 2 is 2.04 bits per heavy atom. The van der Waals surface area contributed by atoms with E-state index >= 15 is 0 Å². The van der Waals surface area contributed by atoms with Crippen LogP contribution >= 0.6 is 35.3 Å². The molecule has 2 N–H and O–H groups in total. The number of thiazole rings is 1. The van der Waals surface area contributed by atoms with Gasteiger partial charge in [-0.05, 0) is 37.5 Å². The molecule has 132 valence electrons. The van der Waals surface area contributed by atoms with Crippen LogP contribution in [0.25, 0.3) is 0 Å². The lowest BCUT2D eigenvalue weighted by Gasteiger charge is -2.31. The molecule has 0 radical (unpaired) electrons. The highest BCUT2D eigenvalue weighted by atomic mass is 127. The minimum atomic E-state index is 0. The average molecular weight is 450 g/mol. The minimum Gasteiger partial charge on any atom is -0.356 e. The molecule has 0 unspecified atom stereocenters. The van der Waals surface area contributed by atoms with E-state index in [1.165, 1.54) is 37.0 Å². The molecule has 1 fully saturated rings. The second-order valence-electron chi connectivity index (χ2n) is 6.95. The van der Waals surface area contributed by atoms with Gasteiger partial charge < -0.3 is 10.6 Å². The van der Waals surface area contributed by atoms with E-state index in [2.05, 4.69) is 41.4 Å². The molecule has 1 heterocycles. The van der Waals surface area contributed by atoms with Gasteiger partial charge in [-0.25, -0.2) is 4.98 Å². The molecule has 1 aromatic heterocycles. The largest absolute Gasteiger partial charge is 0.356 e. The molecular weight excluding hydrogens is 419 g/mol. The van der Waals surface area contributed by atoms with E-state index < -0.39 is 0 Å². The lowest BCUT2D eigenvalue weighted by atomic mass is 9.78. The number of hydrogen-bond acceptors (Lipinski definition) is 3. The number of aliphatic imine (C=N–C) groups is 1. The third-order valence-electron chi connectivity index (χ3n) is 4.62. The fraction of sp³-hybridized carbons (Fsp3) is 0.765. The summed E-state index contributed by atoms with van der Waals surface area (Å²) in [5, 5.41) is 6.98. The van der Waals surface area contributed by atoms with Crippen LogP contribution in [0.2, 0.25) is 0 Å². The number of hydrogen-bond donors (Lipinski definition) is 2. The monoisotopic (exact) mass is 450 g/mol. The fourth-order valence-electron chi connectivity index (χ4n) is 3.60. The zero-order valence-corrected chi connectivity index (χ0v) is 18.0. The molecular formula is C17H31IN4S. The zero-order chi connectivity index (χ0) is 16.0. The van der Waals surface area contributed by atoms with Crippen LogP contribution in [-0.2, 0) is 6.54 Å². The van der Waals surface area contributed by atoms with Crippen LogP contribution < -0.4 is 10.6 Å². The van der Waals surface area contributed by atoms with Crippen molar-refractivity contribution in [2.75, 3.05) is 13.6 Å². The predicted octanol–water partition coefficient (Wildman–Crippen LogP) is 4.34. The third kappa shape index (κ3) is 6.21. The van der Waals surface area contributed by atoms with Gasteiger partial charge in [0.2, 0.25) is 0 Å². The molecule has 1 aliphatic rings. The molecule has 1 aliphatic carbocycles. The molecule has 6 heteroatoms. The van der Waals surface area contributed by atoms with Gasteiger partial charge in [0.05, 0.1) is 17.7 Å². The van der Waals surface area contributed by atoms with Gasteiger partial charge in [-0.1, -0.05) is 26.7 Å². The molecule has 1 saturated carbocycles. The Kier molecular flexibility index (Phi) is 8.82. The van der Waals surface area contributed by atoms with Gasteiger partial charge in [0, 0.05) is 18.5 Å². The van der Waals surface area contributed by atoms with Crippen molar-refractivity contribution in [2.45, 2.75) is 59.4 Å². The van der Waals surface area contributed by atoms with E-state index in [0.717, 1.165) is 30.7 Å². The van der Waals surface area contributed by atoms with E-state index in [9.17, 15) is 0 Å². The Morgan fingerprint density at radius 3 is 2.57 bits per heavy atom. The summed E-state index contributed by atoms with van der Waals surface area (Å²) in [6.07, 6.45) is 6.76. The molecule has 0 bridgehead atoms. The summed E-state index contributed by atoms with van der Waals surface area (Å²) in [5.74, 6) is 1.66. The highest BCUT2D eigenvalue weighted by Crippen LogP contribution is 2.42. The molecule has 0 saturated heterocycles. The molecule has 1 aromatic rings. The van der Waals surface area contributed by atoms with Crippen LogP contribution in [0, 0.1) is 18.3 Å². The average Bonchev–Trinajstić information content (AvgIpc) is 3.08. The third-order valence-corrected chi connectivity index (χ3v) is 5.56. The van der Waals surface area contributed by atoms with E-state index in [1.807, 2.05) is 12.6 Å². The van der Waals surface area contributed by atoms with Crippen molar-refractivity contribution in [1.29, 1.82) is 0 Å². The summed E-state index contributed by atoms with van der Waals surface area (Å²) in [6.45, 7) is 8.55.